The van der Waals surface area contributed by atoms with Gasteiger partial charge < -0.3 is 46.7 Å². The largest absolute Gasteiger partial charge is 0.497 e. The maximum absolute atomic E-state index is 13.5. The number of pyridine rings is 1. The molecule has 42 heteroatoms. The van der Waals surface area contributed by atoms with Gasteiger partial charge in [0.05, 0.1) is 60.8 Å². The zero-order valence-corrected chi connectivity index (χ0v) is 71.6. The van der Waals surface area contributed by atoms with E-state index in [0.717, 1.165) is 60.9 Å². The molecule has 0 radical (unpaired) electrons. The van der Waals surface area contributed by atoms with Crippen molar-refractivity contribution in [1.82, 2.24) is 34.9 Å². The molecule has 0 spiro atoms. The number of ether oxygens (including phenoxy) is 2. The summed E-state index contributed by atoms with van der Waals surface area (Å²) in [6.07, 6.45) is 2.98. The van der Waals surface area contributed by atoms with Gasteiger partial charge in [-0.1, -0.05) is 69.1 Å². The number of fused-ring (bicyclic) bond motifs is 4. The highest BCUT2D eigenvalue weighted by molar-refractivity contribution is 7.23. The summed E-state index contributed by atoms with van der Waals surface area (Å²) in [6, 6.07) is 58.6. The summed E-state index contributed by atoms with van der Waals surface area (Å²) in [5.74, 6) is -2.94. The number of carbonyl (C=O) groups excluding carboxylic acids is 7. The Balaban J connectivity index is 0.000000142. The van der Waals surface area contributed by atoms with Crippen LogP contribution < -0.4 is 68.5 Å². The second kappa shape index (κ2) is 45.3. The number of hydrogen-bond acceptors (Lipinski definition) is 20. The monoisotopic (exact) mass is 1880 g/mol. The number of aromatic nitrogens is 7. The van der Waals surface area contributed by atoms with E-state index in [9.17, 15) is 73.1 Å². The van der Waals surface area contributed by atoms with Crippen molar-refractivity contribution in [1.29, 1.82) is 0 Å². The van der Waals surface area contributed by atoms with Crippen molar-refractivity contribution < 1.29 is 82.5 Å². The third-order valence-corrected chi connectivity index (χ3v) is 20.8. The average Bonchev–Trinajstić information content (AvgIpc) is 1.56. The zero-order valence-electron chi connectivity index (χ0n) is 67.6. The van der Waals surface area contributed by atoms with Crippen LogP contribution in [0.4, 0.5) is 134 Å². The maximum Gasteiger partial charge on any atom is 0.339 e. The first-order valence-corrected chi connectivity index (χ1v) is 41.5. The number of benzene rings is 11. The molecule has 0 aliphatic rings. The number of nitrogens with one attached hydrogen (secondary N) is 12. The molecular formula is C89H65ClF9N19O9S4. The van der Waals surface area contributed by atoms with Crippen LogP contribution in [0.3, 0.4) is 0 Å². The molecule has 0 aliphatic heterocycles. The number of methoxy groups -OCH3 is 2. The molecule has 17 aromatic rings. The van der Waals surface area contributed by atoms with Gasteiger partial charge in [-0.3, -0.25) is 26.6 Å². The van der Waals surface area contributed by atoms with Gasteiger partial charge in [0, 0.05) is 68.9 Å². The molecule has 17 rings (SSSR count). The number of amides is 12. The number of esters is 1. The highest BCUT2D eigenvalue weighted by Gasteiger charge is 2.18. The number of thiazole rings is 4. The fourth-order valence-corrected chi connectivity index (χ4v) is 14.7. The molecule has 131 heavy (non-hydrogen) atoms. The fourth-order valence-electron chi connectivity index (χ4n) is 10.9. The molecule has 0 unspecified atom stereocenters. The molecule has 12 amide bonds. The van der Waals surface area contributed by atoms with Crippen LogP contribution in [0.1, 0.15) is 16.2 Å². The molecule has 6 heterocycles. The van der Waals surface area contributed by atoms with Crippen molar-refractivity contribution in [2.75, 3.05) is 78.0 Å². The topological polar surface area (TPSA) is 373 Å². The minimum Gasteiger partial charge on any atom is -0.497 e. The molecule has 0 aliphatic carbocycles. The Morgan fingerprint density at radius 1 is 0.328 bits per heavy atom. The first-order valence-electron chi connectivity index (χ1n) is 37.8. The minimum absolute atomic E-state index is 0.0107. The van der Waals surface area contributed by atoms with E-state index in [2.05, 4.69) is 103 Å². The van der Waals surface area contributed by atoms with Crippen molar-refractivity contribution in [3.63, 3.8) is 0 Å². The van der Waals surface area contributed by atoms with Crippen molar-refractivity contribution >= 4 is 206 Å². The van der Waals surface area contributed by atoms with Gasteiger partial charge in [0.25, 0.3) is 0 Å². The van der Waals surface area contributed by atoms with Crippen LogP contribution in [0.2, 0.25) is 5.02 Å². The molecule has 0 bridgehead atoms. The summed E-state index contributed by atoms with van der Waals surface area (Å²) in [6.45, 7) is 1.82. The summed E-state index contributed by atoms with van der Waals surface area (Å²) < 4.78 is 129. The Morgan fingerprint density at radius 3 is 1.12 bits per heavy atom. The van der Waals surface area contributed by atoms with Crippen molar-refractivity contribution in [3.05, 3.63) is 336 Å². The first kappa shape index (κ1) is 93.9. The maximum atomic E-state index is 13.5. The van der Waals surface area contributed by atoms with Crippen LogP contribution in [0.25, 0.3) is 52.1 Å². The van der Waals surface area contributed by atoms with Crippen molar-refractivity contribution in [2.24, 2.45) is 0 Å². The summed E-state index contributed by atoms with van der Waals surface area (Å²) in [5.41, 5.74) is 7.51. The highest BCUT2D eigenvalue weighted by Crippen LogP contribution is 2.34. The predicted molar refractivity (Wildman–Crippen MR) is 492 cm³/mol. The lowest BCUT2D eigenvalue weighted by molar-refractivity contribution is 0.0600. The van der Waals surface area contributed by atoms with Crippen LogP contribution in [-0.2, 0) is 4.74 Å². The van der Waals surface area contributed by atoms with E-state index in [1.807, 2.05) is 49.4 Å². The number of halogens is 10. The van der Waals surface area contributed by atoms with E-state index in [0.29, 0.717) is 76.3 Å². The lowest BCUT2D eigenvalue weighted by atomic mass is 10.1. The smallest absolute Gasteiger partial charge is 0.339 e. The van der Waals surface area contributed by atoms with Gasteiger partial charge in [0.2, 0.25) is 0 Å². The van der Waals surface area contributed by atoms with E-state index < -0.39 is 59.6 Å². The number of aryl methyl sites for hydroxylation is 1. The lowest BCUT2D eigenvalue weighted by Crippen LogP contribution is -2.20. The van der Waals surface area contributed by atoms with Crippen LogP contribution >= 0.6 is 56.9 Å². The fraction of sp³-hybridized carbons (Fsp3) is 0.0337. The summed E-state index contributed by atoms with van der Waals surface area (Å²) in [4.78, 5) is 111. The second-order valence-electron chi connectivity index (χ2n) is 26.4. The van der Waals surface area contributed by atoms with Gasteiger partial charge in [-0.05, 0) is 244 Å². The molecule has 0 saturated heterocycles. The number of anilines is 12. The molecule has 12 N–H and O–H groups in total. The number of rotatable bonds is 15. The summed E-state index contributed by atoms with van der Waals surface area (Å²) in [5, 5.41) is 32.9. The molecule has 0 atom stereocenters. The molecule has 664 valence electrons. The summed E-state index contributed by atoms with van der Waals surface area (Å²) >= 11 is 10.7. The highest BCUT2D eigenvalue weighted by atomic mass is 35.5. The van der Waals surface area contributed by atoms with Gasteiger partial charge in [-0.2, -0.15) is 0 Å². The van der Waals surface area contributed by atoms with Gasteiger partial charge in [-0.25, -0.2) is 108 Å². The Morgan fingerprint density at radius 2 is 0.702 bits per heavy atom. The molecule has 0 fully saturated rings. The second-order valence-corrected chi connectivity index (χ2v) is 30.9. The van der Waals surface area contributed by atoms with Crippen molar-refractivity contribution in [2.45, 2.75) is 6.92 Å². The van der Waals surface area contributed by atoms with Gasteiger partial charge in [0.15, 0.2) is 26.3 Å². The standard InChI is InChI=1S/C18H15FN4O.C15H12FN3O2S.C14H9ClFN3OS.C14H8F3N3OS.C14H9F2N3OS.C14H12FN3O3/c1-12-20-10-9-17(21-12)13-3-2-4-16(11-13)23-18(24)22-15-7-5-14(19)6-8-15;1-21-11-6-7-12-13(8-11)22-15(18-12)19-14(20)17-10-4-2-9(16)3-5-10;15-8-1-6-11-12(7-8)21-14(18-11)19-13(20)17-10-4-2-9(16)3-5-10;15-7-1-3-9(4-2-7)18-13(21)20-14-19-12-10(17)5-8(16)6-11(12)22-14;15-8-1-4-10(5-2-8)17-13(20)19-14-18-11-6-3-9(16)7-12(11)21-14;1-21-13(19)9-2-7-12(16-8-9)18-14(20)17-11-5-3-10(15)4-6-11/h2-11H,1H3,(H2,22,23,24);2-8H,1H3,(H2,17,18,19,20);1-7H,(H2,17,18,19,20);1-6H,(H2,18,19,20,21);1-7H,(H2,17,18,19,20);2-8H,1H3,(H2,16,17,18,20). The number of carbonyl (C=O) groups is 7. The lowest BCUT2D eigenvalue weighted by Gasteiger charge is -2.09. The van der Waals surface area contributed by atoms with E-state index in [4.69, 9.17) is 16.3 Å². The zero-order chi connectivity index (χ0) is 93.0. The Bertz CT molecular complexity index is 6770. The summed E-state index contributed by atoms with van der Waals surface area (Å²) in [7, 11) is 2.86. The van der Waals surface area contributed by atoms with E-state index >= 15 is 0 Å². The van der Waals surface area contributed by atoms with Gasteiger partial charge in [-0.15, -0.1) is 0 Å². The average molecular weight is 1880 g/mol. The minimum atomic E-state index is -0.793. The third kappa shape index (κ3) is 29.2. The molecule has 6 aromatic heterocycles. The predicted octanol–water partition coefficient (Wildman–Crippen LogP) is 24.3. The SMILES string of the molecule is COC(=O)c1ccc(NC(=O)Nc2ccc(F)cc2)nc1.COc1ccc2nc(NC(=O)Nc3ccc(F)cc3)sc2c1.Cc1nccc(-c2cccc(NC(=O)Nc3ccc(F)cc3)c2)n1.O=C(Nc1ccc(F)cc1)Nc1nc2c(F)cc(F)cc2s1.O=C(Nc1ccc(F)cc1)Nc1nc2ccc(Cl)cc2s1.O=C(Nc1ccc(F)cc1)Nc1nc2ccc(F)cc2s1. The number of urea groups is 6. The number of nitrogens with zero attached hydrogens (tertiary/aromatic N) is 7. The normalized spacial score (nSPS) is 10.4. The van der Waals surface area contributed by atoms with Crippen LogP contribution in [-0.4, -0.2) is 91.3 Å². The van der Waals surface area contributed by atoms with E-state index in [1.54, 1.807) is 43.6 Å². The van der Waals surface area contributed by atoms with E-state index in [-0.39, 0.29) is 61.6 Å². The van der Waals surface area contributed by atoms with Crippen LogP contribution in [0.5, 0.6) is 5.75 Å². The van der Waals surface area contributed by atoms with Crippen LogP contribution in [0.15, 0.2) is 267 Å². The first-order chi connectivity index (χ1) is 63.0. The van der Waals surface area contributed by atoms with Crippen molar-refractivity contribution in [3.8, 4) is 17.0 Å². The molecule has 28 nitrogen and oxygen atoms in total. The van der Waals surface area contributed by atoms with Gasteiger partial charge in [0.1, 0.15) is 69.4 Å². The van der Waals surface area contributed by atoms with E-state index in [1.165, 1.54) is 217 Å². The number of hydrogen-bond donors (Lipinski definition) is 12. The Labute approximate surface area is 756 Å². The molecule has 11 aromatic carbocycles. The molecular weight excluding hydrogens is 1810 g/mol. The Hall–Kier alpha value is -16.2. The van der Waals surface area contributed by atoms with Gasteiger partial charge >= 0.3 is 42.2 Å². The van der Waals surface area contributed by atoms with Crippen LogP contribution in [0, 0.1) is 59.3 Å². The Kier molecular flexibility index (Phi) is 32.4. The molecule has 0 saturated carbocycles. The third-order valence-electron chi connectivity index (χ3n) is 16.8. The quantitative estimate of drug-likeness (QED) is 0.0335.